The highest BCUT2D eigenvalue weighted by molar-refractivity contribution is 7.14. The molecule has 162 valence electrons. The molecule has 1 unspecified atom stereocenters. The van der Waals surface area contributed by atoms with E-state index in [0.29, 0.717) is 16.6 Å². The summed E-state index contributed by atoms with van der Waals surface area (Å²) in [6.07, 6.45) is 2.90. The zero-order chi connectivity index (χ0) is 22.7. The summed E-state index contributed by atoms with van der Waals surface area (Å²) in [4.78, 5) is 30.0. The fourth-order valence-electron chi connectivity index (χ4n) is 3.21. The summed E-state index contributed by atoms with van der Waals surface area (Å²) in [5.41, 5.74) is 1.38. The van der Waals surface area contributed by atoms with E-state index in [1.165, 1.54) is 41.4 Å². The van der Waals surface area contributed by atoms with Gasteiger partial charge in [0.15, 0.2) is 5.13 Å². The highest BCUT2D eigenvalue weighted by atomic mass is 32.1. The third kappa shape index (κ3) is 4.60. The van der Waals surface area contributed by atoms with Crippen molar-refractivity contribution < 1.29 is 18.4 Å². The maximum absolute atomic E-state index is 14.2. The van der Waals surface area contributed by atoms with Crippen molar-refractivity contribution in [1.29, 1.82) is 0 Å². The average molecular weight is 450 g/mol. The molecule has 0 saturated carbocycles. The zero-order valence-electron chi connectivity index (χ0n) is 17.4. The van der Waals surface area contributed by atoms with E-state index in [1.807, 2.05) is 37.3 Å². The van der Waals surface area contributed by atoms with Crippen LogP contribution < -0.4 is 10.2 Å². The molecular weight excluding hydrogens is 429 g/mol. The lowest BCUT2D eigenvalue weighted by molar-refractivity contribution is -0.117. The number of fused-ring (bicyclic) bond motifs is 1. The van der Waals surface area contributed by atoms with E-state index in [2.05, 4.69) is 10.3 Å². The number of amides is 2. The number of benzene rings is 2. The molecule has 0 aliphatic rings. The Balaban J connectivity index is 1.45. The summed E-state index contributed by atoms with van der Waals surface area (Å²) in [6.45, 7) is 3.18. The van der Waals surface area contributed by atoms with Crippen LogP contribution in [0.4, 0.5) is 15.2 Å². The van der Waals surface area contributed by atoms with Gasteiger partial charge in [0.25, 0.3) is 0 Å². The number of para-hydroxylation sites is 2. The Morgan fingerprint density at radius 2 is 1.94 bits per heavy atom. The Morgan fingerprint density at radius 1 is 1.19 bits per heavy atom. The summed E-state index contributed by atoms with van der Waals surface area (Å²) < 4.78 is 20.0. The number of nitrogens with zero attached hydrogens (tertiary/aromatic N) is 2. The van der Waals surface area contributed by atoms with Crippen molar-refractivity contribution in [2.75, 3.05) is 4.90 Å². The van der Waals surface area contributed by atoms with Crippen LogP contribution in [0.25, 0.3) is 17.0 Å². The second kappa shape index (κ2) is 9.15. The first-order valence-electron chi connectivity index (χ1n) is 9.90. The minimum Gasteiger partial charge on any atom is -0.459 e. The highest BCUT2D eigenvalue weighted by Gasteiger charge is 2.20. The summed E-state index contributed by atoms with van der Waals surface area (Å²) in [5.74, 6) is -0.540. The van der Waals surface area contributed by atoms with Gasteiger partial charge < -0.3 is 9.73 Å². The average Bonchev–Trinajstić information content (AvgIpc) is 3.41. The van der Waals surface area contributed by atoms with Gasteiger partial charge in [-0.1, -0.05) is 30.3 Å². The molecule has 0 spiro atoms. The molecule has 0 saturated heterocycles. The van der Waals surface area contributed by atoms with E-state index in [0.717, 1.165) is 11.0 Å². The number of carbonyl (C=O) groups is 2. The molecule has 0 bridgehead atoms. The van der Waals surface area contributed by atoms with Crippen molar-refractivity contribution >= 4 is 51.0 Å². The summed E-state index contributed by atoms with van der Waals surface area (Å²) >= 11 is 1.18. The van der Waals surface area contributed by atoms with Crippen LogP contribution in [0.2, 0.25) is 0 Å². The molecule has 2 amide bonds. The lowest BCUT2D eigenvalue weighted by atomic mass is 10.2. The van der Waals surface area contributed by atoms with Crippen molar-refractivity contribution in [2.45, 2.75) is 19.9 Å². The van der Waals surface area contributed by atoms with Crippen molar-refractivity contribution in [2.24, 2.45) is 0 Å². The van der Waals surface area contributed by atoms with Crippen LogP contribution in [0.15, 0.2) is 70.5 Å². The molecule has 32 heavy (non-hydrogen) atoms. The standard InChI is InChI=1S/C24H20FN3O3S/c1-15(22-13-17-7-3-6-10-21(17)31-22)26-23(30)12-11-18-14-32-24(27-18)28(16(2)29)20-9-5-4-8-19(20)25/h3-15H,1-2H3,(H,26,30)/b12-11+. The van der Waals surface area contributed by atoms with Crippen molar-refractivity contribution in [3.05, 3.63) is 83.3 Å². The molecule has 0 aliphatic heterocycles. The predicted molar refractivity (Wildman–Crippen MR) is 123 cm³/mol. The molecular formula is C24H20FN3O3S. The van der Waals surface area contributed by atoms with Gasteiger partial charge in [-0.2, -0.15) is 0 Å². The van der Waals surface area contributed by atoms with Gasteiger partial charge in [0.05, 0.1) is 17.4 Å². The minimum atomic E-state index is -0.519. The van der Waals surface area contributed by atoms with Crippen LogP contribution in [0.3, 0.4) is 0 Å². The van der Waals surface area contributed by atoms with Gasteiger partial charge >= 0.3 is 0 Å². The van der Waals surface area contributed by atoms with E-state index < -0.39 is 5.82 Å². The molecule has 6 nitrogen and oxygen atoms in total. The largest absolute Gasteiger partial charge is 0.459 e. The Hall–Kier alpha value is -3.78. The molecule has 2 heterocycles. The molecule has 8 heteroatoms. The van der Waals surface area contributed by atoms with Crippen LogP contribution in [0.1, 0.15) is 31.3 Å². The number of anilines is 2. The number of hydrogen-bond donors (Lipinski definition) is 1. The van der Waals surface area contributed by atoms with Crippen LogP contribution in [-0.4, -0.2) is 16.8 Å². The quantitative estimate of drug-likeness (QED) is 0.389. The number of hydrogen-bond acceptors (Lipinski definition) is 5. The van der Waals surface area contributed by atoms with E-state index in [1.54, 1.807) is 23.6 Å². The second-order valence-corrected chi connectivity index (χ2v) is 7.95. The first-order valence-corrected chi connectivity index (χ1v) is 10.8. The number of rotatable bonds is 6. The summed E-state index contributed by atoms with van der Waals surface area (Å²) in [5, 5.41) is 5.83. The third-order valence-electron chi connectivity index (χ3n) is 4.74. The Kier molecular flexibility index (Phi) is 6.13. The van der Waals surface area contributed by atoms with Gasteiger partial charge in [0.2, 0.25) is 11.8 Å². The van der Waals surface area contributed by atoms with Gasteiger partial charge in [-0.05, 0) is 37.3 Å². The molecule has 2 aromatic heterocycles. The molecule has 2 aromatic carbocycles. The smallest absolute Gasteiger partial charge is 0.244 e. The number of thiazole rings is 1. The van der Waals surface area contributed by atoms with Crippen LogP contribution in [0, 0.1) is 5.82 Å². The zero-order valence-corrected chi connectivity index (χ0v) is 18.2. The van der Waals surface area contributed by atoms with Crippen LogP contribution in [0.5, 0.6) is 0 Å². The molecule has 4 rings (SSSR count). The highest BCUT2D eigenvalue weighted by Crippen LogP contribution is 2.31. The molecule has 1 N–H and O–H groups in total. The van der Waals surface area contributed by atoms with E-state index in [4.69, 9.17) is 4.42 Å². The topological polar surface area (TPSA) is 75.4 Å². The third-order valence-corrected chi connectivity index (χ3v) is 5.59. The van der Waals surface area contributed by atoms with Crippen molar-refractivity contribution in [3.63, 3.8) is 0 Å². The molecule has 0 fully saturated rings. The van der Waals surface area contributed by atoms with Gasteiger partial charge in [-0.15, -0.1) is 11.3 Å². The fourth-order valence-corrected chi connectivity index (χ4v) is 4.05. The predicted octanol–water partition coefficient (Wildman–Crippen LogP) is 5.60. The van der Waals surface area contributed by atoms with Gasteiger partial charge in [0.1, 0.15) is 17.2 Å². The van der Waals surface area contributed by atoms with Crippen molar-refractivity contribution in [3.8, 4) is 0 Å². The Labute approximate surface area is 188 Å². The maximum Gasteiger partial charge on any atom is 0.244 e. The number of nitrogens with one attached hydrogen (secondary N) is 1. The summed E-state index contributed by atoms with van der Waals surface area (Å²) in [6, 6.07) is 15.2. The van der Waals surface area contributed by atoms with Gasteiger partial charge in [-0.25, -0.2) is 9.37 Å². The number of aromatic nitrogens is 1. The van der Waals surface area contributed by atoms with Gasteiger partial charge in [-0.3, -0.25) is 14.5 Å². The Morgan fingerprint density at radius 3 is 2.69 bits per heavy atom. The monoisotopic (exact) mass is 449 g/mol. The number of carbonyl (C=O) groups excluding carboxylic acids is 2. The minimum absolute atomic E-state index is 0.127. The van der Waals surface area contributed by atoms with Crippen LogP contribution >= 0.6 is 11.3 Å². The number of halogens is 1. The number of furan rings is 1. The lowest BCUT2D eigenvalue weighted by Crippen LogP contribution is -2.24. The van der Waals surface area contributed by atoms with Gasteiger partial charge in [0, 0.05) is 23.8 Å². The van der Waals surface area contributed by atoms with Crippen molar-refractivity contribution in [1.82, 2.24) is 10.3 Å². The second-order valence-electron chi connectivity index (χ2n) is 7.11. The molecule has 0 radical (unpaired) electrons. The molecule has 0 aliphatic carbocycles. The lowest BCUT2D eigenvalue weighted by Gasteiger charge is -2.18. The Bertz CT molecular complexity index is 1280. The molecule has 1 atom stereocenters. The normalized spacial score (nSPS) is 12.2. The first kappa shape index (κ1) is 21.5. The maximum atomic E-state index is 14.2. The van der Waals surface area contributed by atoms with E-state index in [-0.39, 0.29) is 23.5 Å². The SMILES string of the molecule is CC(=O)N(c1nc(/C=C/C(=O)NC(C)c2cc3ccccc3o2)cs1)c1ccccc1F. The van der Waals surface area contributed by atoms with E-state index in [9.17, 15) is 14.0 Å². The first-order chi connectivity index (χ1) is 15.4. The van der Waals surface area contributed by atoms with Crippen LogP contribution in [-0.2, 0) is 9.59 Å². The molecule has 4 aromatic rings. The van der Waals surface area contributed by atoms with E-state index >= 15 is 0 Å². The fraction of sp³-hybridized carbons (Fsp3) is 0.125. The summed E-state index contributed by atoms with van der Waals surface area (Å²) in [7, 11) is 0.